The summed E-state index contributed by atoms with van der Waals surface area (Å²) in [6.07, 6.45) is 0. The zero-order valence-electron chi connectivity index (χ0n) is 11.2. The van der Waals surface area contributed by atoms with Crippen LogP contribution in [0, 0.1) is 13.8 Å². The van der Waals surface area contributed by atoms with Crippen molar-refractivity contribution in [2.75, 3.05) is 12.0 Å². The Kier molecular flexibility index (Phi) is 3.92. The zero-order chi connectivity index (χ0) is 13.0. The fourth-order valence-corrected chi connectivity index (χ4v) is 2.03. The summed E-state index contributed by atoms with van der Waals surface area (Å²) in [6.45, 7) is 7.64. The van der Waals surface area contributed by atoms with Gasteiger partial charge in [0, 0.05) is 17.0 Å². The van der Waals surface area contributed by atoms with Gasteiger partial charge < -0.3 is 10.2 Å². The van der Waals surface area contributed by atoms with Crippen LogP contribution in [-0.4, -0.2) is 11.3 Å². The Morgan fingerprint density at radius 3 is 2.39 bits per heavy atom. The smallest absolute Gasteiger partial charge is 0.124 e. The van der Waals surface area contributed by atoms with Crippen LogP contribution in [0.2, 0.25) is 0 Å². The van der Waals surface area contributed by atoms with Gasteiger partial charge in [0.15, 0.2) is 0 Å². The van der Waals surface area contributed by atoms with Gasteiger partial charge in [-0.05, 0) is 39.0 Å². The minimum absolute atomic E-state index is 0.693. The molecule has 18 heavy (non-hydrogen) atoms. The van der Waals surface area contributed by atoms with Crippen molar-refractivity contribution in [3.63, 3.8) is 0 Å². The third kappa shape index (κ3) is 2.67. The molecule has 2 aromatic rings. The number of hydrogen-bond acceptors (Lipinski definition) is 2. The fraction of sp³-hybridized carbons (Fsp3) is 0.333. The Balaban J connectivity index is 2.11. The molecule has 0 radical (unpaired) electrons. The number of nitrogens with zero attached hydrogens (tertiary/aromatic N) is 1. The molecule has 3 nitrogen and oxygen atoms in total. The minimum atomic E-state index is 0.693. The molecular weight excluding hydrogens is 224 g/mol. The third-order valence-electron chi connectivity index (χ3n) is 2.97. The number of benzene rings is 1. The lowest BCUT2D eigenvalue weighted by Crippen LogP contribution is -2.17. The van der Waals surface area contributed by atoms with Gasteiger partial charge in [-0.25, -0.2) is 0 Å². The van der Waals surface area contributed by atoms with E-state index >= 15 is 0 Å². The summed E-state index contributed by atoms with van der Waals surface area (Å²) in [5, 5.41) is 0. The maximum atomic E-state index is 5.62. The molecule has 0 aliphatic rings. The normalized spacial score (nSPS) is 10.4. The van der Waals surface area contributed by atoms with Crippen molar-refractivity contribution in [2.45, 2.75) is 27.3 Å². The molecule has 0 atom stereocenters. The standard InChI is InChI=1S/C15H20N2O/c1-4-18-15-8-6-5-7-14(15)11-16-17-12(2)9-10-13(17)3/h5-10,16H,4,11H2,1-3H3. The quantitative estimate of drug-likeness (QED) is 0.873. The number of rotatable bonds is 5. The molecular formula is C15H20N2O. The van der Waals surface area contributed by atoms with Crippen LogP contribution in [0.3, 0.4) is 0 Å². The number of ether oxygens (including phenoxy) is 1. The summed E-state index contributed by atoms with van der Waals surface area (Å²) in [5.41, 5.74) is 7.01. The molecule has 0 saturated carbocycles. The first kappa shape index (κ1) is 12.6. The van der Waals surface area contributed by atoms with Gasteiger partial charge >= 0.3 is 0 Å². The van der Waals surface area contributed by atoms with Gasteiger partial charge in [0.2, 0.25) is 0 Å². The first-order chi connectivity index (χ1) is 8.72. The molecule has 0 fully saturated rings. The summed E-state index contributed by atoms with van der Waals surface area (Å²) >= 11 is 0. The molecule has 2 rings (SSSR count). The molecule has 1 aromatic carbocycles. The number of aryl methyl sites for hydroxylation is 2. The summed E-state index contributed by atoms with van der Waals surface area (Å²) < 4.78 is 7.72. The Labute approximate surface area is 108 Å². The summed E-state index contributed by atoms with van der Waals surface area (Å²) in [6, 6.07) is 12.4. The first-order valence-electron chi connectivity index (χ1n) is 6.32. The zero-order valence-corrected chi connectivity index (χ0v) is 11.2. The van der Waals surface area contributed by atoms with Crippen molar-refractivity contribution >= 4 is 0 Å². The van der Waals surface area contributed by atoms with Gasteiger partial charge in [-0.2, -0.15) is 0 Å². The molecule has 3 heteroatoms. The van der Waals surface area contributed by atoms with Crippen molar-refractivity contribution in [3.8, 4) is 5.75 Å². The average Bonchev–Trinajstić information content (AvgIpc) is 2.69. The molecule has 0 saturated heterocycles. The summed E-state index contributed by atoms with van der Waals surface area (Å²) in [5.74, 6) is 0.954. The van der Waals surface area contributed by atoms with Crippen LogP contribution in [0.4, 0.5) is 0 Å². The van der Waals surface area contributed by atoms with E-state index in [1.807, 2.05) is 25.1 Å². The second-order valence-corrected chi connectivity index (χ2v) is 4.33. The molecule has 0 spiro atoms. The van der Waals surface area contributed by atoms with Crippen LogP contribution in [0.1, 0.15) is 23.9 Å². The molecule has 1 aromatic heterocycles. The van der Waals surface area contributed by atoms with Gasteiger partial charge in [-0.15, -0.1) is 0 Å². The number of nitrogens with one attached hydrogen (secondary N) is 1. The molecule has 1 N–H and O–H groups in total. The molecule has 0 amide bonds. The second kappa shape index (κ2) is 5.63. The van der Waals surface area contributed by atoms with E-state index in [4.69, 9.17) is 4.74 Å². The van der Waals surface area contributed by atoms with Crippen molar-refractivity contribution in [2.24, 2.45) is 0 Å². The molecule has 0 aliphatic carbocycles. The largest absolute Gasteiger partial charge is 0.494 e. The first-order valence-corrected chi connectivity index (χ1v) is 6.32. The lowest BCUT2D eigenvalue weighted by molar-refractivity contribution is 0.336. The Morgan fingerprint density at radius 1 is 1.06 bits per heavy atom. The van der Waals surface area contributed by atoms with Crippen LogP contribution in [-0.2, 0) is 6.54 Å². The molecule has 96 valence electrons. The summed E-state index contributed by atoms with van der Waals surface area (Å²) in [7, 11) is 0. The summed E-state index contributed by atoms with van der Waals surface area (Å²) in [4.78, 5) is 0. The molecule has 0 bridgehead atoms. The molecule has 0 unspecified atom stereocenters. The number of para-hydroxylation sites is 1. The topological polar surface area (TPSA) is 26.2 Å². The van der Waals surface area contributed by atoms with E-state index in [0.717, 1.165) is 12.3 Å². The van der Waals surface area contributed by atoms with E-state index in [-0.39, 0.29) is 0 Å². The van der Waals surface area contributed by atoms with E-state index in [9.17, 15) is 0 Å². The van der Waals surface area contributed by atoms with Gasteiger partial charge in [-0.3, -0.25) is 4.68 Å². The molecule has 1 heterocycles. The SMILES string of the molecule is CCOc1ccccc1CNn1c(C)ccc1C. The predicted octanol–water partition coefficient (Wildman–Crippen LogP) is 3.25. The van der Waals surface area contributed by atoms with E-state index in [0.29, 0.717) is 6.61 Å². The molecule has 0 aliphatic heterocycles. The lowest BCUT2D eigenvalue weighted by Gasteiger charge is -2.15. The van der Waals surface area contributed by atoms with Crippen LogP contribution < -0.4 is 10.2 Å². The lowest BCUT2D eigenvalue weighted by atomic mass is 10.2. The number of hydrogen-bond donors (Lipinski definition) is 1. The maximum Gasteiger partial charge on any atom is 0.124 e. The van der Waals surface area contributed by atoms with Gasteiger partial charge in [0.25, 0.3) is 0 Å². The Morgan fingerprint density at radius 2 is 1.72 bits per heavy atom. The van der Waals surface area contributed by atoms with Crippen molar-refractivity contribution in [3.05, 3.63) is 53.3 Å². The van der Waals surface area contributed by atoms with E-state index in [2.05, 4.69) is 42.1 Å². The predicted molar refractivity (Wildman–Crippen MR) is 74.6 cm³/mol. The maximum absolute atomic E-state index is 5.62. The monoisotopic (exact) mass is 244 g/mol. The fourth-order valence-electron chi connectivity index (χ4n) is 2.03. The highest BCUT2D eigenvalue weighted by molar-refractivity contribution is 5.34. The highest BCUT2D eigenvalue weighted by Gasteiger charge is 2.04. The average molecular weight is 244 g/mol. The van der Waals surface area contributed by atoms with E-state index in [1.165, 1.54) is 17.0 Å². The van der Waals surface area contributed by atoms with Crippen molar-refractivity contribution in [1.29, 1.82) is 0 Å². The van der Waals surface area contributed by atoms with Crippen molar-refractivity contribution < 1.29 is 4.74 Å². The number of aromatic nitrogens is 1. The van der Waals surface area contributed by atoms with E-state index in [1.54, 1.807) is 0 Å². The highest BCUT2D eigenvalue weighted by atomic mass is 16.5. The van der Waals surface area contributed by atoms with Gasteiger partial charge in [0.05, 0.1) is 13.2 Å². The van der Waals surface area contributed by atoms with Crippen molar-refractivity contribution in [1.82, 2.24) is 4.68 Å². The highest BCUT2D eigenvalue weighted by Crippen LogP contribution is 2.18. The Bertz CT molecular complexity index is 497. The van der Waals surface area contributed by atoms with Crippen LogP contribution in [0.5, 0.6) is 5.75 Å². The van der Waals surface area contributed by atoms with Crippen LogP contribution >= 0.6 is 0 Å². The third-order valence-corrected chi connectivity index (χ3v) is 2.97. The Hall–Kier alpha value is -1.90. The van der Waals surface area contributed by atoms with Crippen LogP contribution in [0.15, 0.2) is 36.4 Å². The second-order valence-electron chi connectivity index (χ2n) is 4.33. The minimum Gasteiger partial charge on any atom is -0.494 e. The van der Waals surface area contributed by atoms with Crippen LogP contribution in [0.25, 0.3) is 0 Å². The van der Waals surface area contributed by atoms with E-state index < -0.39 is 0 Å². The van der Waals surface area contributed by atoms with Gasteiger partial charge in [-0.1, -0.05) is 18.2 Å². The van der Waals surface area contributed by atoms with Gasteiger partial charge in [0.1, 0.15) is 5.75 Å².